The maximum atomic E-state index is 4.84. The summed E-state index contributed by atoms with van der Waals surface area (Å²) in [4.78, 5) is 14.2. The van der Waals surface area contributed by atoms with Crippen LogP contribution in [0.25, 0.3) is 21.7 Å². The molecule has 0 saturated carbocycles. The van der Waals surface area contributed by atoms with Crippen LogP contribution in [-0.2, 0) is 0 Å². The first-order chi connectivity index (χ1) is 12.3. The molecule has 0 amide bonds. The van der Waals surface area contributed by atoms with E-state index in [-0.39, 0.29) is 0 Å². The number of nitrogens with one attached hydrogen (secondary N) is 1. The van der Waals surface area contributed by atoms with Gasteiger partial charge in [0, 0.05) is 24.2 Å². The van der Waals surface area contributed by atoms with Crippen LogP contribution >= 0.6 is 11.3 Å². The standard InChI is InChI=1S/C20H16N4S/c1-14-4-6-15(7-5-14)18-19(16-8-11-21-12-9-16)25-20(24-18)23-17-3-2-10-22-13-17/h2-13H,1H3,(H,23,24). The Balaban J connectivity index is 1.79. The normalized spacial score (nSPS) is 10.6. The van der Waals surface area contributed by atoms with Gasteiger partial charge in [-0.3, -0.25) is 9.97 Å². The number of anilines is 2. The fourth-order valence-corrected chi connectivity index (χ4v) is 3.55. The topological polar surface area (TPSA) is 50.7 Å². The van der Waals surface area contributed by atoms with Crippen LogP contribution in [0.2, 0.25) is 0 Å². The highest BCUT2D eigenvalue weighted by Gasteiger charge is 2.15. The Morgan fingerprint density at radius 3 is 2.36 bits per heavy atom. The van der Waals surface area contributed by atoms with Crippen LogP contribution in [0.1, 0.15) is 5.56 Å². The number of rotatable bonds is 4. The van der Waals surface area contributed by atoms with Crippen LogP contribution in [0.4, 0.5) is 10.8 Å². The lowest BCUT2D eigenvalue weighted by Gasteiger charge is -2.03. The van der Waals surface area contributed by atoms with Crippen molar-refractivity contribution in [2.24, 2.45) is 0 Å². The Morgan fingerprint density at radius 2 is 1.64 bits per heavy atom. The van der Waals surface area contributed by atoms with E-state index >= 15 is 0 Å². The molecule has 0 aliphatic heterocycles. The van der Waals surface area contributed by atoms with E-state index in [4.69, 9.17) is 4.98 Å². The van der Waals surface area contributed by atoms with Gasteiger partial charge in [-0.2, -0.15) is 0 Å². The van der Waals surface area contributed by atoms with Crippen molar-refractivity contribution in [2.75, 3.05) is 5.32 Å². The first kappa shape index (κ1) is 15.5. The van der Waals surface area contributed by atoms with Crippen molar-refractivity contribution in [1.29, 1.82) is 0 Å². The van der Waals surface area contributed by atoms with E-state index in [9.17, 15) is 0 Å². The van der Waals surface area contributed by atoms with Gasteiger partial charge in [0.25, 0.3) is 0 Å². The summed E-state index contributed by atoms with van der Waals surface area (Å²) in [5.74, 6) is 0. The van der Waals surface area contributed by atoms with Crippen molar-refractivity contribution in [3.63, 3.8) is 0 Å². The molecule has 0 fully saturated rings. The molecule has 3 aromatic heterocycles. The van der Waals surface area contributed by atoms with Gasteiger partial charge in [0.05, 0.1) is 22.5 Å². The Kier molecular flexibility index (Phi) is 4.23. The number of benzene rings is 1. The van der Waals surface area contributed by atoms with Gasteiger partial charge in [-0.1, -0.05) is 41.2 Å². The minimum absolute atomic E-state index is 0.843. The average Bonchev–Trinajstić information content (AvgIpc) is 3.08. The third-order valence-electron chi connectivity index (χ3n) is 3.81. The molecule has 4 aromatic rings. The van der Waals surface area contributed by atoms with Gasteiger partial charge in [0.2, 0.25) is 0 Å². The summed E-state index contributed by atoms with van der Waals surface area (Å²) in [6, 6.07) is 16.4. The lowest BCUT2D eigenvalue weighted by atomic mass is 10.1. The summed E-state index contributed by atoms with van der Waals surface area (Å²) < 4.78 is 0. The van der Waals surface area contributed by atoms with Crippen molar-refractivity contribution in [3.05, 3.63) is 78.9 Å². The van der Waals surface area contributed by atoms with Crippen molar-refractivity contribution in [2.45, 2.75) is 6.92 Å². The predicted octanol–water partition coefficient (Wildman–Crippen LogP) is 5.32. The monoisotopic (exact) mass is 344 g/mol. The molecule has 5 heteroatoms. The second kappa shape index (κ2) is 6.83. The number of aryl methyl sites for hydroxylation is 1. The molecular weight excluding hydrogens is 328 g/mol. The first-order valence-corrected chi connectivity index (χ1v) is 8.76. The zero-order valence-corrected chi connectivity index (χ0v) is 14.5. The molecule has 3 heterocycles. The van der Waals surface area contributed by atoms with Gasteiger partial charge in [0.15, 0.2) is 5.13 Å². The SMILES string of the molecule is Cc1ccc(-c2nc(Nc3cccnc3)sc2-c2ccncc2)cc1. The molecule has 0 radical (unpaired) electrons. The fraction of sp³-hybridized carbons (Fsp3) is 0.0500. The van der Waals surface area contributed by atoms with E-state index in [1.165, 1.54) is 5.56 Å². The minimum atomic E-state index is 0.843. The van der Waals surface area contributed by atoms with Crippen LogP contribution in [0, 0.1) is 6.92 Å². The average molecular weight is 344 g/mol. The summed E-state index contributed by atoms with van der Waals surface area (Å²) >= 11 is 1.63. The smallest absolute Gasteiger partial charge is 0.188 e. The summed E-state index contributed by atoms with van der Waals surface area (Å²) in [5.41, 5.74) is 5.35. The van der Waals surface area contributed by atoms with E-state index in [0.717, 1.165) is 32.5 Å². The molecule has 0 aliphatic carbocycles. The molecule has 122 valence electrons. The largest absolute Gasteiger partial charge is 0.330 e. The van der Waals surface area contributed by atoms with Gasteiger partial charge >= 0.3 is 0 Å². The molecule has 4 nitrogen and oxygen atoms in total. The van der Waals surface area contributed by atoms with E-state index < -0.39 is 0 Å². The number of pyridine rings is 2. The van der Waals surface area contributed by atoms with Gasteiger partial charge in [-0.25, -0.2) is 4.98 Å². The molecule has 0 aliphatic rings. The molecule has 0 spiro atoms. The van der Waals surface area contributed by atoms with Crippen molar-refractivity contribution in [3.8, 4) is 21.7 Å². The highest BCUT2D eigenvalue weighted by atomic mass is 32.1. The van der Waals surface area contributed by atoms with E-state index in [2.05, 4.69) is 46.5 Å². The highest BCUT2D eigenvalue weighted by molar-refractivity contribution is 7.19. The number of nitrogens with zero attached hydrogens (tertiary/aromatic N) is 3. The van der Waals surface area contributed by atoms with Gasteiger partial charge < -0.3 is 5.32 Å². The lowest BCUT2D eigenvalue weighted by molar-refractivity contribution is 1.31. The van der Waals surface area contributed by atoms with Crippen molar-refractivity contribution in [1.82, 2.24) is 15.0 Å². The molecule has 1 N–H and O–H groups in total. The van der Waals surface area contributed by atoms with E-state index in [0.29, 0.717) is 0 Å². The summed E-state index contributed by atoms with van der Waals surface area (Å²) in [5, 5.41) is 4.19. The zero-order chi connectivity index (χ0) is 17.1. The molecule has 4 rings (SSSR count). The second-order valence-corrected chi connectivity index (χ2v) is 6.66. The van der Waals surface area contributed by atoms with Gasteiger partial charge in [0.1, 0.15) is 0 Å². The summed E-state index contributed by atoms with van der Waals surface area (Å²) in [6.07, 6.45) is 7.16. The molecule has 0 bridgehead atoms. The highest BCUT2D eigenvalue weighted by Crippen LogP contribution is 2.39. The molecule has 0 saturated heterocycles. The third-order valence-corrected chi connectivity index (χ3v) is 4.83. The zero-order valence-electron chi connectivity index (χ0n) is 13.7. The molecule has 0 atom stereocenters. The van der Waals surface area contributed by atoms with E-state index in [1.807, 2.05) is 36.7 Å². The Bertz CT molecular complexity index is 964. The number of thiazole rings is 1. The second-order valence-electron chi connectivity index (χ2n) is 5.67. The Morgan fingerprint density at radius 1 is 0.840 bits per heavy atom. The van der Waals surface area contributed by atoms with E-state index in [1.54, 1.807) is 23.7 Å². The minimum Gasteiger partial charge on any atom is -0.330 e. The van der Waals surface area contributed by atoms with Crippen LogP contribution in [0.15, 0.2) is 73.3 Å². The van der Waals surface area contributed by atoms with Gasteiger partial charge in [-0.05, 0) is 36.8 Å². The quantitative estimate of drug-likeness (QED) is 0.544. The van der Waals surface area contributed by atoms with Crippen molar-refractivity contribution < 1.29 is 0 Å². The predicted molar refractivity (Wildman–Crippen MR) is 103 cm³/mol. The van der Waals surface area contributed by atoms with Crippen molar-refractivity contribution >= 4 is 22.2 Å². The number of hydrogen-bond acceptors (Lipinski definition) is 5. The van der Waals surface area contributed by atoms with Crippen LogP contribution in [-0.4, -0.2) is 15.0 Å². The molecular formula is C20H16N4S. The summed E-state index contributed by atoms with van der Waals surface area (Å²) in [6.45, 7) is 2.09. The molecule has 0 unspecified atom stereocenters. The number of hydrogen-bond donors (Lipinski definition) is 1. The fourth-order valence-electron chi connectivity index (χ4n) is 2.54. The Hall–Kier alpha value is -3.05. The van der Waals surface area contributed by atoms with Crippen LogP contribution in [0.3, 0.4) is 0 Å². The third kappa shape index (κ3) is 3.41. The summed E-state index contributed by atoms with van der Waals surface area (Å²) in [7, 11) is 0. The number of aromatic nitrogens is 3. The lowest BCUT2D eigenvalue weighted by Crippen LogP contribution is -1.89. The molecule has 1 aromatic carbocycles. The van der Waals surface area contributed by atoms with Gasteiger partial charge in [-0.15, -0.1) is 0 Å². The Labute approximate surface area is 150 Å². The first-order valence-electron chi connectivity index (χ1n) is 7.95. The maximum absolute atomic E-state index is 4.84. The molecule has 25 heavy (non-hydrogen) atoms. The van der Waals surface area contributed by atoms with Crippen LogP contribution < -0.4 is 5.32 Å². The maximum Gasteiger partial charge on any atom is 0.188 e. The van der Waals surface area contributed by atoms with Crippen LogP contribution in [0.5, 0.6) is 0 Å².